The Labute approximate surface area is 204 Å². The predicted molar refractivity (Wildman–Crippen MR) is 134 cm³/mol. The van der Waals surface area contributed by atoms with E-state index in [1.807, 2.05) is 51.1 Å². The van der Waals surface area contributed by atoms with E-state index in [4.69, 9.17) is 9.47 Å². The smallest absolute Gasteiger partial charge is 0.410 e. The third-order valence-electron chi connectivity index (χ3n) is 6.94. The molecule has 1 saturated carbocycles. The second-order valence-electron chi connectivity index (χ2n) is 10.9. The van der Waals surface area contributed by atoms with Crippen LogP contribution in [-0.4, -0.2) is 71.0 Å². The molecule has 2 aliphatic carbocycles. The van der Waals surface area contributed by atoms with Crippen LogP contribution in [0.1, 0.15) is 46.5 Å². The number of ether oxygens (including phenoxy) is 2. The zero-order chi connectivity index (χ0) is 24.1. The highest BCUT2D eigenvalue weighted by atomic mass is 16.6. The highest BCUT2D eigenvalue weighted by Crippen LogP contribution is 2.46. The van der Waals surface area contributed by atoms with Crippen LogP contribution in [-0.2, 0) is 4.74 Å². The zero-order valence-electron chi connectivity index (χ0n) is 20.8. The van der Waals surface area contributed by atoms with Gasteiger partial charge in [0.25, 0.3) is 0 Å². The van der Waals surface area contributed by atoms with Crippen molar-refractivity contribution in [3.63, 3.8) is 0 Å². The summed E-state index contributed by atoms with van der Waals surface area (Å²) >= 11 is 0. The first-order valence-electron chi connectivity index (χ1n) is 12.7. The summed E-state index contributed by atoms with van der Waals surface area (Å²) in [5, 5.41) is 10.5. The van der Waals surface area contributed by atoms with E-state index >= 15 is 0 Å². The molecule has 0 radical (unpaired) electrons. The lowest BCUT2D eigenvalue weighted by molar-refractivity contribution is -0.000464. The molecule has 1 N–H and O–H groups in total. The number of para-hydroxylation sites is 1. The summed E-state index contributed by atoms with van der Waals surface area (Å²) in [6, 6.07) is 10.0. The molecule has 0 spiro atoms. The summed E-state index contributed by atoms with van der Waals surface area (Å²) in [4.78, 5) is 17.6. The molecule has 1 aromatic carbocycles. The first-order valence-corrected chi connectivity index (χ1v) is 12.7. The van der Waals surface area contributed by atoms with Crippen LogP contribution in [0.15, 0.2) is 54.6 Å². The largest absolute Gasteiger partial charge is 0.491 e. The van der Waals surface area contributed by atoms with Gasteiger partial charge in [0.2, 0.25) is 0 Å². The number of hydrogen-bond acceptors (Lipinski definition) is 5. The van der Waals surface area contributed by atoms with Crippen molar-refractivity contribution in [1.29, 1.82) is 0 Å². The summed E-state index contributed by atoms with van der Waals surface area (Å²) in [5.74, 6) is 1.80. The molecule has 6 nitrogen and oxygen atoms in total. The van der Waals surface area contributed by atoms with E-state index in [1.165, 1.54) is 0 Å². The average molecular weight is 469 g/mol. The normalized spacial score (nSPS) is 26.2. The number of benzene rings is 1. The quantitative estimate of drug-likeness (QED) is 0.602. The van der Waals surface area contributed by atoms with Crippen LogP contribution in [0.25, 0.3) is 0 Å². The third kappa shape index (κ3) is 6.86. The van der Waals surface area contributed by atoms with Crippen molar-refractivity contribution in [3.05, 3.63) is 54.6 Å². The number of allylic oxidation sites excluding steroid dienone is 4. The van der Waals surface area contributed by atoms with Crippen LogP contribution < -0.4 is 4.74 Å². The Morgan fingerprint density at radius 2 is 1.91 bits per heavy atom. The maximum atomic E-state index is 13.2. The van der Waals surface area contributed by atoms with Crippen LogP contribution in [0.3, 0.4) is 0 Å². The summed E-state index contributed by atoms with van der Waals surface area (Å²) in [7, 11) is 0. The fraction of sp³-hybridized carbons (Fsp3) is 0.607. The zero-order valence-corrected chi connectivity index (χ0v) is 20.8. The predicted octanol–water partition coefficient (Wildman–Crippen LogP) is 4.65. The van der Waals surface area contributed by atoms with E-state index in [9.17, 15) is 9.90 Å². The van der Waals surface area contributed by atoms with Crippen molar-refractivity contribution in [2.45, 2.75) is 70.2 Å². The maximum absolute atomic E-state index is 13.2. The summed E-state index contributed by atoms with van der Waals surface area (Å²) < 4.78 is 11.5. The second kappa shape index (κ2) is 11.0. The molecule has 0 bridgehead atoms. The molecular formula is C28H40N2O4. The SMILES string of the molecule is CC(C)(C)OC(=O)N(C1CCN(CC(O)COc2ccccc2)CC1)[C@@H]1C[C@H]1C1C=CC=CC1. The highest BCUT2D eigenvalue weighted by molar-refractivity contribution is 5.69. The molecule has 6 heteroatoms. The summed E-state index contributed by atoms with van der Waals surface area (Å²) in [6.45, 7) is 8.38. The summed E-state index contributed by atoms with van der Waals surface area (Å²) in [6.07, 6.45) is 11.9. The van der Waals surface area contributed by atoms with Gasteiger partial charge in [0.15, 0.2) is 0 Å². The number of carbonyl (C=O) groups is 1. The van der Waals surface area contributed by atoms with Gasteiger partial charge in [0.1, 0.15) is 24.1 Å². The topological polar surface area (TPSA) is 62.2 Å². The number of carbonyl (C=O) groups excluding carboxylic acids is 1. The molecular weight excluding hydrogens is 428 g/mol. The Morgan fingerprint density at radius 1 is 1.18 bits per heavy atom. The molecule has 4 rings (SSSR count). The Kier molecular flexibility index (Phi) is 7.99. The number of amides is 1. The third-order valence-corrected chi connectivity index (χ3v) is 6.94. The van der Waals surface area contributed by atoms with Crippen molar-refractivity contribution >= 4 is 6.09 Å². The van der Waals surface area contributed by atoms with Crippen molar-refractivity contribution in [2.24, 2.45) is 11.8 Å². The molecule has 34 heavy (non-hydrogen) atoms. The van der Waals surface area contributed by atoms with Gasteiger partial charge in [0, 0.05) is 31.7 Å². The first-order chi connectivity index (χ1) is 16.3. The molecule has 1 aliphatic heterocycles. The fourth-order valence-corrected chi connectivity index (χ4v) is 5.21. The Balaban J connectivity index is 1.30. The van der Waals surface area contributed by atoms with E-state index in [1.54, 1.807) is 0 Å². The van der Waals surface area contributed by atoms with E-state index in [0.29, 0.717) is 18.4 Å². The molecule has 3 aliphatic rings. The van der Waals surface area contributed by atoms with Gasteiger partial charge in [-0.25, -0.2) is 4.79 Å². The Bertz CT molecular complexity index is 855. The Hall–Kier alpha value is -2.31. The van der Waals surface area contributed by atoms with Crippen LogP contribution in [0, 0.1) is 11.8 Å². The lowest BCUT2D eigenvalue weighted by Crippen LogP contribution is -2.51. The molecule has 2 fully saturated rings. The van der Waals surface area contributed by atoms with Gasteiger partial charge in [-0.15, -0.1) is 0 Å². The average Bonchev–Trinajstić information content (AvgIpc) is 3.59. The van der Waals surface area contributed by atoms with E-state index in [-0.39, 0.29) is 24.8 Å². The number of hydrogen-bond donors (Lipinski definition) is 1. The fourth-order valence-electron chi connectivity index (χ4n) is 5.21. The minimum atomic E-state index is -0.544. The van der Waals surface area contributed by atoms with E-state index < -0.39 is 11.7 Å². The Morgan fingerprint density at radius 3 is 2.56 bits per heavy atom. The van der Waals surface area contributed by atoms with Crippen molar-refractivity contribution in [3.8, 4) is 5.75 Å². The number of piperidine rings is 1. The van der Waals surface area contributed by atoms with Crippen LogP contribution in [0.2, 0.25) is 0 Å². The van der Waals surface area contributed by atoms with Crippen molar-refractivity contribution < 1.29 is 19.4 Å². The first kappa shape index (κ1) is 24.8. The molecule has 4 atom stereocenters. The molecule has 2 unspecified atom stereocenters. The maximum Gasteiger partial charge on any atom is 0.410 e. The molecule has 1 saturated heterocycles. The van der Waals surface area contributed by atoms with Crippen LogP contribution in [0.4, 0.5) is 4.79 Å². The van der Waals surface area contributed by atoms with E-state index in [0.717, 1.165) is 44.5 Å². The van der Waals surface area contributed by atoms with Crippen molar-refractivity contribution in [2.75, 3.05) is 26.2 Å². The lowest BCUT2D eigenvalue weighted by Gasteiger charge is -2.40. The van der Waals surface area contributed by atoms with Crippen LogP contribution >= 0.6 is 0 Å². The van der Waals surface area contributed by atoms with Gasteiger partial charge < -0.3 is 24.4 Å². The lowest BCUT2D eigenvalue weighted by atomic mass is 9.95. The standard InChI is InChI=1S/C28H40N2O4/c1-28(2,3)34-27(32)30(26-18-25(26)21-10-6-4-7-11-21)22-14-16-29(17-15-22)19-23(31)20-33-24-12-8-5-9-13-24/h4-10,12-13,21-23,25-26,31H,11,14-20H2,1-3H3/t21?,23?,25-,26+/m0/s1. The molecule has 1 aromatic rings. The van der Waals surface area contributed by atoms with Gasteiger partial charge in [-0.1, -0.05) is 42.5 Å². The van der Waals surface area contributed by atoms with Gasteiger partial charge >= 0.3 is 6.09 Å². The molecule has 0 aromatic heterocycles. The number of aliphatic hydroxyl groups excluding tert-OH is 1. The number of aliphatic hydroxyl groups is 1. The minimum absolute atomic E-state index is 0.176. The van der Waals surface area contributed by atoms with Gasteiger partial charge in [-0.2, -0.15) is 0 Å². The van der Waals surface area contributed by atoms with Crippen molar-refractivity contribution in [1.82, 2.24) is 9.80 Å². The second-order valence-corrected chi connectivity index (χ2v) is 10.9. The molecule has 186 valence electrons. The number of rotatable bonds is 8. The van der Waals surface area contributed by atoms with Gasteiger partial charge in [-0.05, 0) is 70.4 Å². The minimum Gasteiger partial charge on any atom is -0.491 e. The molecule has 1 amide bonds. The van der Waals surface area contributed by atoms with Crippen LogP contribution in [0.5, 0.6) is 5.75 Å². The van der Waals surface area contributed by atoms with E-state index in [2.05, 4.69) is 34.1 Å². The summed E-state index contributed by atoms with van der Waals surface area (Å²) in [5.41, 5.74) is -0.503. The highest BCUT2D eigenvalue weighted by Gasteiger charge is 2.50. The molecule has 1 heterocycles. The van der Waals surface area contributed by atoms with Gasteiger partial charge in [-0.3, -0.25) is 0 Å². The number of nitrogens with zero attached hydrogens (tertiary/aromatic N) is 2. The monoisotopic (exact) mass is 468 g/mol. The van der Waals surface area contributed by atoms with Gasteiger partial charge in [0.05, 0.1) is 0 Å². The number of likely N-dealkylation sites (tertiary alicyclic amines) is 1. The number of β-amino-alcohol motifs (C(OH)–C–C–N with tert-alkyl or cyclic N) is 1.